The molecule has 0 spiro atoms. The third kappa shape index (κ3) is 12.6. The van der Waals surface area contributed by atoms with Crippen molar-refractivity contribution in [3.63, 3.8) is 0 Å². The lowest BCUT2D eigenvalue weighted by atomic mass is 9.94. The van der Waals surface area contributed by atoms with Gasteiger partial charge >= 0.3 is 0 Å². The van der Waals surface area contributed by atoms with Crippen LogP contribution in [0.1, 0.15) is 97.0 Å². The predicted octanol–water partition coefficient (Wildman–Crippen LogP) is 12.0. The van der Waals surface area contributed by atoms with Crippen molar-refractivity contribution in [2.24, 2.45) is 0 Å². The van der Waals surface area contributed by atoms with Gasteiger partial charge < -0.3 is 28.5 Å². The number of hydrogen-bond donors (Lipinski definition) is 0. The minimum Gasteiger partial charge on any atom is -0.490 e. The summed E-state index contributed by atoms with van der Waals surface area (Å²) in [5.41, 5.74) is 5.25. The molecule has 0 amide bonds. The van der Waals surface area contributed by atoms with E-state index in [1.807, 2.05) is 44.2 Å². The lowest BCUT2D eigenvalue weighted by Gasteiger charge is -2.36. The molecule has 0 unspecified atom stereocenters. The second-order valence-electron chi connectivity index (χ2n) is 16.5. The highest BCUT2D eigenvalue weighted by molar-refractivity contribution is 7.14. The number of carbonyl (C=O) groups excluding carboxylic acids is 1. The van der Waals surface area contributed by atoms with E-state index in [4.69, 9.17) is 13.9 Å². The lowest BCUT2D eigenvalue weighted by Crippen LogP contribution is -2.41. The van der Waals surface area contributed by atoms with Crippen LogP contribution in [0.3, 0.4) is 0 Å². The van der Waals surface area contributed by atoms with Gasteiger partial charge in [-0.05, 0) is 133 Å². The number of carbonyl (C=O) groups is 1. The Labute approximate surface area is 364 Å². The van der Waals surface area contributed by atoms with Crippen LogP contribution in [0.5, 0.6) is 5.75 Å². The fourth-order valence-corrected chi connectivity index (χ4v) is 8.34. The van der Waals surface area contributed by atoms with Crippen LogP contribution < -0.4 is 14.5 Å². The van der Waals surface area contributed by atoms with Crippen LogP contribution in [0, 0.1) is 34.0 Å². The number of Topliss-reactive ketones (excluding diaryl/α,β-unsaturated/α-hetero) is 1. The first-order valence-electron chi connectivity index (χ1n) is 20.7. The van der Waals surface area contributed by atoms with Crippen molar-refractivity contribution < 1.29 is 18.7 Å². The molecule has 1 aromatic heterocycles. The van der Waals surface area contributed by atoms with E-state index < -0.39 is 13.9 Å². The van der Waals surface area contributed by atoms with E-state index in [0.717, 1.165) is 58.4 Å². The summed E-state index contributed by atoms with van der Waals surface area (Å²) in [4.78, 5) is 16.0. The lowest BCUT2D eigenvalue weighted by molar-refractivity contribution is -0.115. The Kier molecular flexibility index (Phi) is 17.8. The second-order valence-corrected chi connectivity index (χ2v) is 22.4. The summed E-state index contributed by atoms with van der Waals surface area (Å²) in [6.45, 7) is 31.2. The smallest absolute Gasteiger partial charge is 0.192 e. The molecular formula is C49H63N5O4SSi. The molecule has 0 atom stereocenters. The van der Waals surface area contributed by atoms with Gasteiger partial charge in [0.05, 0.1) is 11.5 Å². The highest BCUT2D eigenvalue weighted by atomic mass is 32.1. The van der Waals surface area contributed by atoms with Crippen LogP contribution in [0.25, 0.3) is 17.7 Å². The van der Waals surface area contributed by atoms with Crippen LogP contribution in [-0.2, 0) is 14.0 Å². The average molecular weight is 846 g/mol. The molecule has 0 saturated carbocycles. The van der Waals surface area contributed by atoms with Gasteiger partial charge in [0, 0.05) is 48.0 Å². The fourth-order valence-electron chi connectivity index (χ4n) is 6.36. The molecule has 0 N–H and O–H groups in total. The molecule has 4 rings (SSSR count). The first kappa shape index (κ1) is 49.0. The number of ether oxygens (including phenoxy) is 2. The van der Waals surface area contributed by atoms with E-state index in [9.17, 15) is 20.6 Å². The number of nitriles is 3. The molecule has 2 aromatic carbocycles. The number of benzene rings is 2. The van der Waals surface area contributed by atoms with Crippen LogP contribution in [0.15, 0.2) is 83.2 Å². The van der Waals surface area contributed by atoms with Gasteiger partial charge in [-0.15, -0.1) is 11.3 Å². The molecule has 0 fully saturated rings. The summed E-state index contributed by atoms with van der Waals surface area (Å²) in [5.74, 6) is 0.921. The van der Waals surface area contributed by atoms with Crippen molar-refractivity contribution in [1.82, 2.24) is 0 Å². The zero-order valence-electron chi connectivity index (χ0n) is 37.9. The van der Waals surface area contributed by atoms with Crippen molar-refractivity contribution in [3.8, 4) is 24.0 Å². The quantitative estimate of drug-likeness (QED) is 0.0787. The molecule has 11 heteroatoms. The van der Waals surface area contributed by atoms with E-state index in [1.54, 1.807) is 11.3 Å². The maximum Gasteiger partial charge on any atom is 0.192 e. The minimum atomic E-state index is -1.97. The standard InChI is InChI=1S/C46H57N5O3SSi.C3H6O/c1-12-50(13-2)36-20-16-33(17-21-36)39(34-18-22-37(23-19-34)51(14-3)15-4)29-43-42(52-26-27-53-56(10,11)45(5,6)7)28-38(55-43)24-25-41-40(32-49)44(35(30-47)31-48)54-46(41,8)9;1-3(2)4/h16-25,28-29H,12-15,26-27H2,1-11H3;1-2H3/b25-24+;. The number of nitrogens with zero attached hydrogens (tertiary/aromatic N) is 5. The summed E-state index contributed by atoms with van der Waals surface area (Å²) >= 11 is 1.58. The third-order valence-electron chi connectivity index (χ3n) is 10.7. The van der Waals surface area contributed by atoms with Crippen molar-refractivity contribution in [2.45, 2.75) is 99.9 Å². The van der Waals surface area contributed by atoms with Crippen molar-refractivity contribution in [1.29, 1.82) is 15.8 Å². The van der Waals surface area contributed by atoms with Gasteiger partial charge in [-0.25, -0.2) is 0 Å². The van der Waals surface area contributed by atoms with Crippen molar-refractivity contribution in [3.05, 3.63) is 104 Å². The van der Waals surface area contributed by atoms with Gasteiger partial charge in [0.1, 0.15) is 47.5 Å². The SMILES string of the molecule is CC(C)=O.CCN(CC)c1ccc(C(=Cc2sc(/C=C/C3=C(C#N)C(=C(C#N)C#N)OC3(C)C)cc2OCCO[Si](C)(C)C(C)(C)C)c2ccc(N(CC)CC)cc2)cc1. The van der Waals surface area contributed by atoms with Gasteiger partial charge in [0.25, 0.3) is 0 Å². The van der Waals surface area contributed by atoms with Gasteiger partial charge in [-0.3, -0.25) is 0 Å². The molecule has 318 valence electrons. The predicted molar refractivity (Wildman–Crippen MR) is 251 cm³/mol. The van der Waals surface area contributed by atoms with Gasteiger partial charge in [-0.2, -0.15) is 15.8 Å². The van der Waals surface area contributed by atoms with Crippen LogP contribution >= 0.6 is 11.3 Å². The molecule has 0 radical (unpaired) electrons. The number of rotatable bonds is 16. The van der Waals surface area contributed by atoms with E-state index in [-0.39, 0.29) is 27.7 Å². The maximum atomic E-state index is 10.1. The molecule has 2 heterocycles. The normalized spacial score (nSPS) is 13.3. The Morgan fingerprint density at radius 3 is 1.73 bits per heavy atom. The maximum absolute atomic E-state index is 10.1. The highest BCUT2D eigenvalue weighted by Gasteiger charge is 2.39. The van der Waals surface area contributed by atoms with Crippen molar-refractivity contribution >= 4 is 54.5 Å². The molecule has 0 aliphatic carbocycles. The first-order valence-corrected chi connectivity index (χ1v) is 24.4. The van der Waals surface area contributed by atoms with E-state index in [0.29, 0.717) is 18.8 Å². The molecule has 1 aliphatic rings. The Balaban J connectivity index is 0.00000229. The topological polar surface area (TPSA) is 123 Å². The summed E-state index contributed by atoms with van der Waals surface area (Å²) in [7, 11) is -1.97. The van der Waals surface area contributed by atoms with Crippen LogP contribution in [0.4, 0.5) is 11.4 Å². The number of allylic oxidation sites excluding steroid dienone is 2. The number of thiophene rings is 1. The van der Waals surface area contributed by atoms with Crippen LogP contribution in [-0.4, -0.2) is 59.1 Å². The molecular weight excluding hydrogens is 783 g/mol. The average Bonchev–Trinajstić information content (AvgIpc) is 3.71. The van der Waals surface area contributed by atoms with Crippen LogP contribution in [0.2, 0.25) is 18.1 Å². The molecule has 3 aromatic rings. The molecule has 0 bridgehead atoms. The molecule has 9 nitrogen and oxygen atoms in total. The van der Waals surface area contributed by atoms with E-state index in [2.05, 4.69) is 132 Å². The van der Waals surface area contributed by atoms with Gasteiger partial charge in [-0.1, -0.05) is 51.1 Å². The zero-order chi connectivity index (χ0) is 44.8. The highest BCUT2D eigenvalue weighted by Crippen LogP contribution is 2.42. The third-order valence-corrected chi connectivity index (χ3v) is 16.3. The largest absolute Gasteiger partial charge is 0.490 e. The van der Waals surface area contributed by atoms with Gasteiger partial charge in [0.2, 0.25) is 0 Å². The number of anilines is 2. The Bertz CT molecular complexity index is 2120. The monoisotopic (exact) mass is 845 g/mol. The summed E-state index contributed by atoms with van der Waals surface area (Å²) in [5, 5.41) is 29.3. The number of hydrogen-bond acceptors (Lipinski definition) is 10. The second kappa shape index (κ2) is 21.7. The molecule has 1 aliphatic heterocycles. The fraction of sp³-hybridized carbons (Fsp3) is 0.429. The van der Waals surface area contributed by atoms with Crippen molar-refractivity contribution in [2.75, 3.05) is 49.2 Å². The molecule has 60 heavy (non-hydrogen) atoms. The minimum absolute atomic E-state index is 0.0198. The Morgan fingerprint density at radius 2 is 1.32 bits per heavy atom. The summed E-state index contributed by atoms with van der Waals surface area (Å²) in [6, 6.07) is 25.5. The zero-order valence-corrected chi connectivity index (χ0v) is 39.8. The summed E-state index contributed by atoms with van der Waals surface area (Å²) in [6.07, 6.45) is 6.00. The molecule has 0 saturated heterocycles. The number of ketones is 1. The van der Waals surface area contributed by atoms with Gasteiger partial charge in [0.15, 0.2) is 19.6 Å². The Hall–Kier alpha value is -5.38. The van der Waals surface area contributed by atoms with E-state index >= 15 is 0 Å². The first-order chi connectivity index (χ1) is 28.3. The Morgan fingerprint density at radius 1 is 0.833 bits per heavy atom. The summed E-state index contributed by atoms with van der Waals surface area (Å²) < 4.78 is 19.0. The van der Waals surface area contributed by atoms with E-state index in [1.165, 1.54) is 25.2 Å².